The van der Waals surface area contributed by atoms with Crippen LogP contribution in [0, 0.1) is 6.92 Å². The second kappa shape index (κ2) is 4.28. The van der Waals surface area contributed by atoms with Gasteiger partial charge in [0.2, 0.25) is 5.95 Å². The Balaban J connectivity index is 2.31. The van der Waals surface area contributed by atoms with E-state index in [1.807, 2.05) is 0 Å². The van der Waals surface area contributed by atoms with E-state index in [1.54, 1.807) is 24.9 Å². The van der Waals surface area contributed by atoms with Gasteiger partial charge in [0.15, 0.2) is 0 Å². The molecule has 0 saturated carbocycles. The third-order valence-electron chi connectivity index (χ3n) is 2.22. The summed E-state index contributed by atoms with van der Waals surface area (Å²) in [5.41, 5.74) is 1.03. The zero-order chi connectivity index (χ0) is 12.4. The van der Waals surface area contributed by atoms with Crippen molar-refractivity contribution >= 4 is 11.6 Å². The summed E-state index contributed by atoms with van der Waals surface area (Å²) in [6.45, 7) is 1.69. The Kier molecular flexibility index (Phi) is 2.82. The van der Waals surface area contributed by atoms with Crippen LogP contribution in [0.3, 0.4) is 0 Å². The molecule has 90 valence electrons. The van der Waals surface area contributed by atoms with Crippen molar-refractivity contribution in [3.63, 3.8) is 0 Å². The van der Waals surface area contributed by atoms with E-state index < -0.39 is 0 Å². The number of hydrogen-bond acceptors (Lipinski definition) is 5. The number of aryl methyl sites for hydroxylation is 2. The summed E-state index contributed by atoms with van der Waals surface area (Å²) in [6, 6.07) is 0. The first kappa shape index (κ1) is 11.2. The Hall–Kier alpha value is -2.31. The number of rotatable bonds is 3. The molecule has 2 N–H and O–H groups in total. The van der Waals surface area contributed by atoms with E-state index in [4.69, 9.17) is 4.74 Å². The van der Waals surface area contributed by atoms with Gasteiger partial charge in [-0.1, -0.05) is 0 Å². The molecule has 0 spiro atoms. The lowest BCUT2D eigenvalue weighted by Crippen LogP contribution is -2.12. The van der Waals surface area contributed by atoms with Crippen molar-refractivity contribution in [2.75, 3.05) is 12.4 Å². The van der Waals surface area contributed by atoms with Gasteiger partial charge in [0.25, 0.3) is 11.4 Å². The lowest BCUT2D eigenvalue weighted by Gasteiger charge is -2.03. The van der Waals surface area contributed by atoms with Gasteiger partial charge in [0.05, 0.1) is 13.3 Å². The number of aromatic amines is 1. The van der Waals surface area contributed by atoms with Crippen molar-refractivity contribution in [2.24, 2.45) is 7.05 Å². The van der Waals surface area contributed by atoms with Crippen LogP contribution in [0.1, 0.15) is 5.56 Å². The van der Waals surface area contributed by atoms with Crippen LogP contribution >= 0.6 is 0 Å². The van der Waals surface area contributed by atoms with Crippen molar-refractivity contribution in [3.8, 4) is 5.88 Å². The van der Waals surface area contributed by atoms with Crippen LogP contribution < -0.4 is 15.6 Å². The molecule has 0 amide bonds. The molecule has 0 bridgehead atoms. The molecule has 0 aliphatic heterocycles. The summed E-state index contributed by atoms with van der Waals surface area (Å²) >= 11 is 0. The first-order valence-corrected chi connectivity index (χ1v) is 5.00. The van der Waals surface area contributed by atoms with E-state index in [0.29, 0.717) is 23.1 Å². The standard InChI is InChI=1S/C10H13N5O2/c1-6-4-11-10(13-8(6)16)12-7-5-15(2)14-9(7)17-3/h4-5H,1-3H3,(H2,11,12,13,16). The number of nitrogens with one attached hydrogen (secondary N) is 2. The minimum absolute atomic E-state index is 0.176. The highest BCUT2D eigenvalue weighted by molar-refractivity contribution is 5.58. The summed E-state index contributed by atoms with van der Waals surface area (Å²) in [4.78, 5) is 18.1. The second-order valence-corrected chi connectivity index (χ2v) is 3.59. The molecular formula is C10H13N5O2. The summed E-state index contributed by atoms with van der Waals surface area (Å²) in [5, 5.41) is 7.01. The molecule has 2 rings (SSSR count). The van der Waals surface area contributed by atoms with Crippen molar-refractivity contribution in [1.82, 2.24) is 19.7 Å². The number of ether oxygens (including phenoxy) is 1. The highest BCUT2D eigenvalue weighted by Crippen LogP contribution is 2.23. The van der Waals surface area contributed by atoms with Gasteiger partial charge in [-0.05, 0) is 6.92 Å². The maximum absolute atomic E-state index is 11.4. The normalized spacial score (nSPS) is 10.3. The lowest BCUT2D eigenvalue weighted by atomic mass is 10.4. The van der Waals surface area contributed by atoms with E-state index in [0.717, 1.165) is 0 Å². The van der Waals surface area contributed by atoms with Crippen LogP contribution in [0.4, 0.5) is 11.6 Å². The predicted octanol–water partition coefficient (Wildman–Crippen LogP) is 0.564. The molecule has 0 radical (unpaired) electrons. The van der Waals surface area contributed by atoms with E-state index in [2.05, 4.69) is 20.4 Å². The SMILES string of the molecule is COc1nn(C)cc1Nc1ncc(C)c(=O)[nH]1. The van der Waals surface area contributed by atoms with E-state index >= 15 is 0 Å². The Morgan fingerprint density at radius 1 is 1.53 bits per heavy atom. The number of anilines is 2. The molecular weight excluding hydrogens is 222 g/mol. The Bertz CT molecular complexity index is 587. The van der Waals surface area contributed by atoms with E-state index in [9.17, 15) is 4.79 Å². The molecule has 2 aromatic heterocycles. The van der Waals surface area contributed by atoms with Crippen LogP contribution in [0.25, 0.3) is 0 Å². The van der Waals surface area contributed by atoms with Crippen LogP contribution in [0.15, 0.2) is 17.2 Å². The Morgan fingerprint density at radius 2 is 2.29 bits per heavy atom. The molecule has 0 aliphatic carbocycles. The monoisotopic (exact) mass is 235 g/mol. The van der Waals surface area contributed by atoms with Crippen LogP contribution in [0.5, 0.6) is 5.88 Å². The summed E-state index contributed by atoms with van der Waals surface area (Å²) in [7, 11) is 3.30. The molecule has 7 nitrogen and oxygen atoms in total. The molecule has 2 heterocycles. The quantitative estimate of drug-likeness (QED) is 0.812. The Labute approximate surface area is 97.5 Å². The van der Waals surface area contributed by atoms with Crippen LogP contribution in [-0.2, 0) is 7.05 Å². The first-order valence-electron chi connectivity index (χ1n) is 5.00. The molecule has 0 saturated heterocycles. The van der Waals surface area contributed by atoms with Crippen LogP contribution in [-0.4, -0.2) is 26.9 Å². The maximum atomic E-state index is 11.4. The largest absolute Gasteiger partial charge is 0.478 e. The third kappa shape index (κ3) is 2.27. The third-order valence-corrected chi connectivity index (χ3v) is 2.22. The van der Waals surface area contributed by atoms with Gasteiger partial charge < -0.3 is 10.1 Å². The summed E-state index contributed by atoms with van der Waals surface area (Å²) < 4.78 is 6.68. The first-order chi connectivity index (χ1) is 8.10. The molecule has 0 aliphatic rings. The maximum Gasteiger partial charge on any atom is 0.256 e. The number of aromatic nitrogens is 4. The minimum atomic E-state index is -0.176. The minimum Gasteiger partial charge on any atom is -0.478 e. The predicted molar refractivity (Wildman–Crippen MR) is 62.6 cm³/mol. The van der Waals surface area contributed by atoms with Gasteiger partial charge in [-0.15, -0.1) is 5.10 Å². The van der Waals surface area contributed by atoms with Crippen LogP contribution in [0.2, 0.25) is 0 Å². The molecule has 0 atom stereocenters. The molecule has 0 aromatic carbocycles. The molecule has 0 unspecified atom stereocenters. The number of H-pyrrole nitrogens is 1. The average molecular weight is 235 g/mol. The fraction of sp³-hybridized carbons (Fsp3) is 0.300. The molecule has 17 heavy (non-hydrogen) atoms. The molecule has 2 aromatic rings. The Morgan fingerprint density at radius 3 is 2.94 bits per heavy atom. The average Bonchev–Trinajstić information content (AvgIpc) is 2.64. The van der Waals surface area contributed by atoms with Crippen molar-refractivity contribution in [3.05, 3.63) is 28.3 Å². The highest BCUT2D eigenvalue weighted by atomic mass is 16.5. The number of nitrogens with zero attached hydrogens (tertiary/aromatic N) is 3. The molecule has 7 heteroatoms. The smallest absolute Gasteiger partial charge is 0.256 e. The summed E-state index contributed by atoms with van der Waals surface area (Å²) in [6.07, 6.45) is 3.24. The van der Waals surface area contributed by atoms with E-state index in [-0.39, 0.29) is 5.56 Å². The number of methoxy groups -OCH3 is 1. The van der Waals surface area contributed by atoms with Crippen molar-refractivity contribution < 1.29 is 4.74 Å². The van der Waals surface area contributed by atoms with Gasteiger partial charge in [0, 0.05) is 18.8 Å². The van der Waals surface area contributed by atoms with Gasteiger partial charge in [-0.25, -0.2) is 4.98 Å². The number of hydrogen-bond donors (Lipinski definition) is 2. The van der Waals surface area contributed by atoms with Gasteiger partial charge in [-0.3, -0.25) is 14.5 Å². The van der Waals surface area contributed by atoms with Gasteiger partial charge in [-0.2, -0.15) is 0 Å². The fourth-order valence-corrected chi connectivity index (χ4v) is 1.35. The van der Waals surface area contributed by atoms with E-state index in [1.165, 1.54) is 13.3 Å². The lowest BCUT2D eigenvalue weighted by molar-refractivity contribution is 0.393. The fourth-order valence-electron chi connectivity index (χ4n) is 1.35. The molecule has 0 fully saturated rings. The van der Waals surface area contributed by atoms with Gasteiger partial charge >= 0.3 is 0 Å². The zero-order valence-corrected chi connectivity index (χ0v) is 9.81. The highest BCUT2D eigenvalue weighted by Gasteiger charge is 2.09. The topological polar surface area (TPSA) is 84.8 Å². The second-order valence-electron chi connectivity index (χ2n) is 3.59. The van der Waals surface area contributed by atoms with Gasteiger partial charge in [0.1, 0.15) is 5.69 Å². The van der Waals surface area contributed by atoms with Crippen molar-refractivity contribution in [2.45, 2.75) is 6.92 Å². The zero-order valence-electron chi connectivity index (χ0n) is 9.81. The van der Waals surface area contributed by atoms with Crippen molar-refractivity contribution in [1.29, 1.82) is 0 Å². The summed E-state index contributed by atoms with van der Waals surface area (Å²) in [5.74, 6) is 0.794.